The van der Waals surface area contributed by atoms with E-state index in [9.17, 15) is 18.8 Å². The van der Waals surface area contributed by atoms with Crippen LogP contribution in [0.25, 0.3) is 0 Å². The number of halogens is 1. The van der Waals surface area contributed by atoms with Gasteiger partial charge in [-0.15, -0.1) is 11.3 Å². The van der Waals surface area contributed by atoms with Crippen LogP contribution in [0.15, 0.2) is 58.3 Å². The van der Waals surface area contributed by atoms with E-state index < -0.39 is 24.5 Å². The van der Waals surface area contributed by atoms with Crippen molar-refractivity contribution in [3.63, 3.8) is 0 Å². The molecular weight excluding hydrogens is 415 g/mol. The van der Waals surface area contributed by atoms with Gasteiger partial charge in [0.05, 0.1) is 6.54 Å². The molecule has 0 spiro atoms. The van der Waals surface area contributed by atoms with Crippen molar-refractivity contribution in [2.24, 2.45) is 0 Å². The number of hydrogen-bond acceptors (Lipinski definition) is 7. The topological polar surface area (TPSA) is 107 Å². The van der Waals surface area contributed by atoms with Crippen molar-refractivity contribution in [3.05, 3.63) is 76.1 Å². The molecule has 0 aliphatic carbocycles. The van der Waals surface area contributed by atoms with E-state index in [1.807, 2.05) is 17.5 Å². The Morgan fingerprint density at radius 2 is 1.87 bits per heavy atom. The molecule has 3 aromatic rings. The zero-order valence-electron chi connectivity index (χ0n) is 15.6. The Kier molecular flexibility index (Phi) is 7.17. The van der Waals surface area contributed by atoms with Gasteiger partial charge in [0.1, 0.15) is 23.9 Å². The Morgan fingerprint density at radius 3 is 2.60 bits per heavy atom. The van der Waals surface area contributed by atoms with Crippen molar-refractivity contribution in [2.75, 3.05) is 6.61 Å². The highest BCUT2D eigenvalue weighted by atomic mass is 32.1. The van der Waals surface area contributed by atoms with Gasteiger partial charge in [0.15, 0.2) is 6.61 Å². The lowest BCUT2D eigenvalue weighted by molar-refractivity contribution is -0.123. The van der Waals surface area contributed by atoms with Crippen LogP contribution in [0.3, 0.4) is 0 Å². The minimum atomic E-state index is -0.864. The molecule has 0 bridgehead atoms. The molecule has 0 fully saturated rings. The van der Waals surface area contributed by atoms with E-state index in [4.69, 9.17) is 13.9 Å². The lowest BCUT2D eigenvalue weighted by atomic mass is 10.3. The molecule has 0 saturated carbocycles. The molecule has 0 aliphatic rings. The van der Waals surface area contributed by atoms with Crippen molar-refractivity contribution in [2.45, 2.75) is 13.2 Å². The molecule has 3 rings (SSSR count). The maximum atomic E-state index is 12.9. The van der Waals surface area contributed by atoms with Crippen LogP contribution in [-0.2, 0) is 22.7 Å². The van der Waals surface area contributed by atoms with Crippen molar-refractivity contribution in [1.82, 2.24) is 10.6 Å². The number of imide groups is 1. The largest absolute Gasteiger partial charge is 0.486 e. The zero-order valence-corrected chi connectivity index (χ0v) is 16.4. The number of carbonyl (C=O) groups excluding carboxylic acids is 3. The molecule has 0 radical (unpaired) electrons. The molecule has 30 heavy (non-hydrogen) atoms. The predicted molar refractivity (Wildman–Crippen MR) is 104 cm³/mol. The molecular formula is C20H17FN2O6S. The Balaban J connectivity index is 1.38. The SMILES string of the molecule is O=C(COC(=O)c1ccc(COc2ccc(F)cc2)o1)NC(=O)NCc1cccs1. The quantitative estimate of drug-likeness (QED) is 0.529. The first-order valence-corrected chi connectivity index (χ1v) is 9.62. The van der Waals surface area contributed by atoms with Crippen LogP contribution < -0.4 is 15.4 Å². The molecule has 156 valence electrons. The number of benzene rings is 1. The molecule has 8 nitrogen and oxygen atoms in total. The lowest BCUT2D eigenvalue weighted by Crippen LogP contribution is -2.41. The summed E-state index contributed by atoms with van der Waals surface area (Å²) in [5.74, 6) is -1.37. The fraction of sp³-hybridized carbons (Fsp3) is 0.150. The predicted octanol–water partition coefficient (Wildman–Crippen LogP) is 3.24. The summed E-state index contributed by atoms with van der Waals surface area (Å²) in [7, 11) is 0. The fourth-order valence-electron chi connectivity index (χ4n) is 2.24. The van der Waals surface area contributed by atoms with E-state index in [-0.39, 0.29) is 24.7 Å². The van der Waals surface area contributed by atoms with Crippen LogP contribution in [0.2, 0.25) is 0 Å². The number of rotatable bonds is 8. The summed E-state index contributed by atoms with van der Waals surface area (Å²) in [4.78, 5) is 36.3. The Hall–Kier alpha value is -3.66. The van der Waals surface area contributed by atoms with Crippen LogP contribution in [0.1, 0.15) is 21.2 Å². The highest BCUT2D eigenvalue weighted by molar-refractivity contribution is 7.09. The molecule has 10 heteroatoms. The summed E-state index contributed by atoms with van der Waals surface area (Å²) in [6.45, 7) is -0.344. The first kappa shape index (κ1) is 21.1. The number of furan rings is 1. The minimum Gasteiger partial charge on any atom is -0.486 e. The van der Waals surface area contributed by atoms with Crippen molar-refractivity contribution < 1.29 is 32.7 Å². The molecule has 1 aromatic carbocycles. The van der Waals surface area contributed by atoms with E-state index in [0.717, 1.165) is 4.88 Å². The second-order valence-electron chi connectivity index (χ2n) is 5.89. The first-order valence-electron chi connectivity index (χ1n) is 8.74. The van der Waals surface area contributed by atoms with E-state index in [1.54, 1.807) is 0 Å². The zero-order chi connectivity index (χ0) is 21.3. The van der Waals surface area contributed by atoms with Gasteiger partial charge >= 0.3 is 12.0 Å². The Morgan fingerprint density at radius 1 is 1.07 bits per heavy atom. The second-order valence-corrected chi connectivity index (χ2v) is 6.93. The highest BCUT2D eigenvalue weighted by Gasteiger charge is 2.16. The van der Waals surface area contributed by atoms with Crippen LogP contribution in [-0.4, -0.2) is 24.5 Å². The average Bonchev–Trinajstić information content (AvgIpc) is 3.42. The summed E-state index contributed by atoms with van der Waals surface area (Å²) in [5.41, 5.74) is 0. The van der Waals surface area contributed by atoms with Gasteiger partial charge in [0.25, 0.3) is 5.91 Å². The average molecular weight is 432 g/mol. The van der Waals surface area contributed by atoms with Crippen LogP contribution in [0.5, 0.6) is 5.75 Å². The number of amides is 3. The number of carbonyl (C=O) groups is 3. The number of thiophene rings is 1. The normalized spacial score (nSPS) is 10.3. The molecule has 0 saturated heterocycles. The van der Waals surface area contributed by atoms with Gasteiger partial charge in [-0.3, -0.25) is 10.1 Å². The van der Waals surface area contributed by atoms with Crippen LogP contribution in [0.4, 0.5) is 9.18 Å². The highest BCUT2D eigenvalue weighted by Crippen LogP contribution is 2.15. The van der Waals surface area contributed by atoms with Gasteiger partial charge in [0, 0.05) is 4.88 Å². The first-order chi connectivity index (χ1) is 14.5. The lowest BCUT2D eigenvalue weighted by Gasteiger charge is -2.06. The van der Waals surface area contributed by atoms with Crippen molar-refractivity contribution in [3.8, 4) is 5.75 Å². The van der Waals surface area contributed by atoms with E-state index >= 15 is 0 Å². The summed E-state index contributed by atoms with van der Waals surface area (Å²) in [6.07, 6.45) is 0. The van der Waals surface area contributed by atoms with Crippen molar-refractivity contribution in [1.29, 1.82) is 0 Å². The summed E-state index contributed by atoms with van der Waals surface area (Å²) >= 11 is 1.47. The van der Waals surface area contributed by atoms with Crippen molar-refractivity contribution >= 4 is 29.2 Å². The summed E-state index contributed by atoms with van der Waals surface area (Å²) < 4.78 is 28.4. The summed E-state index contributed by atoms with van der Waals surface area (Å²) in [5, 5.41) is 6.44. The molecule has 2 N–H and O–H groups in total. The Labute approximate surface area is 174 Å². The maximum Gasteiger partial charge on any atom is 0.374 e. The van der Waals surface area contributed by atoms with Gasteiger partial charge in [-0.05, 0) is 47.8 Å². The standard InChI is InChI=1S/C20H17FN2O6S/c21-13-3-5-14(6-4-13)27-11-15-7-8-17(29-15)19(25)28-12-18(24)23-20(26)22-10-16-2-1-9-30-16/h1-9H,10-12H2,(H2,22,23,24,26). The third kappa shape index (κ3) is 6.45. The maximum absolute atomic E-state index is 12.9. The number of ether oxygens (including phenoxy) is 2. The van der Waals surface area contributed by atoms with Gasteiger partial charge in [-0.1, -0.05) is 6.07 Å². The van der Waals surface area contributed by atoms with E-state index in [2.05, 4.69) is 10.6 Å². The number of hydrogen-bond donors (Lipinski definition) is 2. The number of urea groups is 1. The monoisotopic (exact) mass is 432 g/mol. The van der Waals surface area contributed by atoms with Crippen LogP contribution in [0, 0.1) is 5.82 Å². The van der Waals surface area contributed by atoms with E-state index in [0.29, 0.717) is 11.5 Å². The van der Waals surface area contributed by atoms with Gasteiger partial charge in [-0.25, -0.2) is 14.0 Å². The third-order valence-corrected chi connectivity index (χ3v) is 4.52. The number of nitrogens with one attached hydrogen (secondary N) is 2. The molecule has 3 amide bonds. The second kappa shape index (κ2) is 10.2. The molecule has 2 aromatic heterocycles. The Bertz CT molecular complexity index is 1000. The molecule has 0 unspecified atom stereocenters. The fourth-order valence-corrected chi connectivity index (χ4v) is 2.88. The van der Waals surface area contributed by atoms with Gasteiger partial charge in [0.2, 0.25) is 5.76 Å². The van der Waals surface area contributed by atoms with E-state index in [1.165, 1.54) is 47.7 Å². The smallest absolute Gasteiger partial charge is 0.374 e. The number of esters is 1. The van der Waals surface area contributed by atoms with Gasteiger partial charge < -0.3 is 19.2 Å². The molecule has 2 heterocycles. The third-order valence-electron chi connectivity index (χ3n) is 3.65. The molecule has 0 aliphatic heterocycles. The van der Waals surface area contributed by atoms with Gasteiger partial charge in [-0.2, -0.15) is 0 Å². The van der Waals surface area contributed by atoms with Crippen LogP contribution >= 0.6 is 11.3 Å². The summed E-state index contributed by atoms with van der Waals surface area (Å²) in [6, 6.07) is 11.3. The molecule has 0 atom stereocenters. The minimum absolute atomic E-state index is 0.0177.